The maximum absolute atomic E-state index is 11.1. The third-order valence-corrected chi connectivity index (χ3v) is 3.13. The van der Waals surface area contributed by atoms with E-state index in [4.69, 9.17) is 14.2 Å². The average Bonchev–Trinajstić information content (AvgIpc) is 2.65. The van der Waals surface area contributed by atoms with Crippen LogP contribution in [0.2, 0.25) is 0 Å². The third kappa shape index (κ3) is 8.74. The quantitative estimate of drug-likeness (QED) is 0.708. The van der Waals surface area contributed by atoms with Crippen LogP contribution in [0.4, 0.5) is 0 Å². The molecule has 0 radical (unpaired) electrons. The van der Waals surface area contributed by atoms with Gasteiger partial charge in [-0.3, -0.25) is 4.79 Å². The molecule has 0 aromatic heterocycles. The van der Waals surface area contributed by atoms with E-state index in [9.17, 15) is 4.79 Å². The third-order valence-electron chi connectivity index (χ3n) is 3.13. The van der Waals surface area contributed by atoms with E-state index in [1.165, 1.54) is 0 Å². The minimum absolute atomic E-state index is 0.119. The summed E-state index contributed by atoms with van der Waals surface area (Å²) in [6.45, 7) is 21.3. The van der Waals surface area contributed by atoms with Crippen LogP contribution < -0.4 is 0 Å². The van der Waals surface area contributed by atoms with E-state index < -0.39 is 0 Å². The molecule has 1 unspecified atom stereocenters. The summed E-state index contributed by atoms with van der Waals surface area (Å²) in [7, 11) is 0. The first-order valence-corrected chi connectivity index (χ1v) is 8.14. The first-order valence-electron chi connectivity index (χ1n) is 8.14. The number of carbonyl (C=O) groups is 1. The molecule has 0 amide bonds. The van der Waals surface area contributed by atoms with Crippen molar-refractivity contribution in [3.63, 3.8) is 0 Å². The van der Waals surface area contributed by atoms with Crippen molar-refractivity contribution in [3.8, 4) is 0 Å². The van der Waals surface area contributed by atoms with Crippen LogP contribution in [0, 0.1) is 16.7 Å². The summed E-state index contributed by atoms with van der Waals surface area (Å²) in [5.74, 6) is -0.0784. The van der Waals surface area contributed by atoms with Gasteiger partial charge in [-0.15, -0.1) is 0 Å². The van der Waals surface area contributed by atoms with Crippen LogP contribution in [-0.2, 0) is 19.0 Å². The summed E-state index contributed by atoms with van der Waals surface area (Å²) in [5, 5.41) is 0. The summed E-state index contributed by atoms with van der Waals surface area (Å²) in [5.41, 5.74) is -0.178. The van der Waals surface area contributed by atoms with Gasteiger partial charge in [0.15, 0.2) is 5.79 Å². The fraction of sp³-hybridized carbons (Fsp3) is 0.944. The van der Waals surface area contributed by atoms with Gasteiger partial charge in [0.05, 0.1) is 24.7 Å². The van der Waals surface area contributed by atoms with E-state index in [1.54, 1.807) is 0 Å². The van der Waals surface area contributed by atoms with Crippen molar-refractivity contribution in [1.82, 2.24) is 0 Å². The van der Waals surface area contributed by atoms with Gasteiger partial charge in [-0.05, 0) is 46.0 Å². The lowest BCUT2D eigenvalue weighted by Gasteiger charge is -2.26. The second-order valence-electron chi connectivity index (χ2n) is 8.93. The summed E-state index contributed by atoms with van der Waals surface area (Å²) >= 11 is 0. The lowest BCUT2D eigenvalue weighted by Crippen LogP contribution is -2.30. The van der Waals surface area contributed by atoms with Gasteiger partial charge < -0.3 is 14.2 Å². The first-order chi connectivity index (χ1) is 9.65. The van der Waals surface area contributed by atoms with Crippen LogP contribution >= 0.6 is 0 Å². The van der Waals surface area contributed by atoms with Gasteiger partial charge in [0, 0.05) is 0 Å². The highest BCUT2D eigenvalue weighted by molar-refractivity contribution is 5.75. The molecule has 1 aliphatic rings. The van der Waals surface area contributed by atoms with Crippen LogP contribution in [0.25, 0.3) is 0 Å². The molecule has 1 atom stereocenters. The molecule has 0 aromatic carbocycles. The van der Waals surface area contributed by atoms with Gasteiger partial charge in [-0.1, -0.05) is 34.6 Å². The predicted molar refractivity (Wildman–Crippen MR) is 89.6 cm³/mol. The van der Waals surface area contributed by atoms with Crippen molar-refractivity contribution in [3.05, 3.63) is 0 Å². The van der Waals surface area contributed by atoms with Crippen molar-refractivity contribution in [2.24, 2.45) is 16.7 Å². The van der Waals surface area contributed by atoms with E-state index in [0.29, 0.717) is 12.5 Å². The van der Waals surface area contributed by atoms with E-state index in [1.807, 2.05) is 48.5 Å². The maximum Gasteiger partial charge on any atom is 0.311 e. The van der Waals surface area contributed by atoms with Gasteiger partial charge >= 0.3 is 5.97 Å². The van der Waals surface area contributed by atoms with E-state index in [2.05, 4.69) is 20.8 Å². The first kappa shape index (κ1) is 21.4. The molecule has 1 rings (SSSR count). The van der Waals surface area contributed by atoms with Crippen LogP contribution in [-0.4, -0.2) is 31.1 Å². The molecule has 132 valence electrons. The molecule has 0 aliphatic carbocycles. The zero-order valence-electron chi connectivity index (χ0n) is 16.2. The number of carbonyl (C=O) groups excluding carboxylic acids is 1. The Morgan fingerprint density at radius 1 is 1.18 bits per heavy atom. The Hall–Kier alpha value is -0.610. The van der Waals surface area contributed by atoms with Crippen LogP contribution in [0.5, 0.6) is 0 Å². The Morgan fingerprint density at radius 3 is 1.91 bits per heavy atom. The van der Waals surface area contributed by atoms with Gasteiger partial charge in [0.2, 0.25) is 0 Å². The van der Waals surface area contributed by atoms with Crippen molar-refractivity contribution < 1.29 is 19.0 Å². The van der Waals surface area contributed by atoms with Crippen LogP contribution in [0.3, 0.4) is 0 Å². The lowest BCUT2D eigenvalue weighted by atomic mass is 9.90. The van der Waals surface area contributed by atoms with Gasteiger partial charge in [0.1, 0.15) is 0 Å². The largest absolute Gasteiger partial charge is 0.465 e. The van der Waals surface area contributed by atoms with E-state index >= 15 is 0 Å². The number of hydrogen-bond acceptors (Lipinski definition) is 4. The van der Waals surface area contributed by atoms with Gasteiger partial charge in [0.25, 0.3) is 0 Å². The Kier molecular flexibility index (Phi) is 7.56. The van der Waals surface area contributed by atoms with E-state index in [-0.39, 0.29) is 28.7 Å². The minimum atomic E-state index is -0.377. The summed E-state index contributed by atoms with van der Waals surface area (Å²) < 4.78 is 16.2. The van der Waals surface area contributed by atoms with Gasteiger partial charge in [-0.2, -0.15) is 0 Å². The van der Waals surface area contributed by atoms with Crippen molar-refractivity contribution in [1.29, 1.82) is 0 Å². The zero-order chi connectivity index (χ0) is 17.8. The predicted octanol–water partition coefficient (Wildman–Crippen LogP) is 4.42. The molecule has 4 heteroatoms. The summed E-state index contributed by atoms with van der Waals surface area (Å²) in [4.78, 5) is 11.1. The standard InChI is InChI=1S/2C9H18O2/c1-8(2,3)7-6-10-9(4,5)11-7;1-7(2)6-11-8(10)9(3,4)5/h2*7H,6H2,1-5H3. The molecule has 1 fully saturated rings. The van der Waals surface area contributed by atoms with Crippen molar-refractivity contribution >= 4 is 5.97 Å². The van der Waals surface area contributed by atoms with Crippen molar-refractivity contribution in [2.75, 3.05) is 13.2 Å². The smallest absolute Gasteiger partial charge is 0.311 e. The Labute approximate surface area is 136 Å². The molecule has 0 aromatic rings. The second kappa shape index (κ2) is 7.78. The molecule has 22 heavy (non-hydrogen) atoms. The SMILES string of the molecule is CC(C)COC(=O)C(C)(C)C.CC1(C)OCC(C(C)(C)C)O1. The maximum atomic E-state index is 11.1. The summed E-state index contributed by atoms with van der Waals surface area (Å²) in [6.07, 6.45) is 0.234. The molecule has 0 spiro atoms. The fourth-order valence-corrected chi connectivity index (χ4v) is 1.57. The summed E-state index contributed by atoms with van der Waals surface area (Å²) in [6, 6.07) is 0. The normalized spacial score (nSPS) is 21.3. The molecule has 0 saturated carbocycles. The highest BCUT2D eigenvalue weighted by Crippen LogP contribution is 2.32. The molecule has 4 nitrogen and oxygen atoms in total. The minimum Gasteiger partial charge on any atom is -0.465 e. The van der Waals surface area contributed by atoms with Crippen molar-refractivity contribution in [2.45, 2.75) is 81.1 Å². The number of rotatable bonds is 2. The molecular weight excluding hydrogens is 280 g/mol. The molecule has 1 saturated heterocycles. The molecule has 0 N–H and O–H groups in total. The Bertz CT molecular complexity index is 345. The lowest BCUT2D eigenvalue weighted by molar-refractivity contribution is -0.154. The molecular formula is C18H36O4. The molecule has 0 bridgehead atoms. The van der Waals surface area contributed by atoms with Crippen LogP contribution in [0.15, 0.2) is 0 Å². The van der Waals surface area contributed by atoms with E-state index in [0.717, 1.165) is 6.61 Å². The van der Waals surface area contributed by atoms with Crippen LogP contribution in [0.1, 0.15) is 69.2 Å². The molecule has 1 aliphatic heterocycles. The Morgan fingerprint density at radius 2 is 1.68 bits per heavy atom. The monoisotopic (exact) mass is 316 g/mol. The zero-order valence-corrected chi connectivity index (χ0v) is 16.2. The molecule has 1 heterocycles. The average molecular weight is 316 g/mol. The number of esters is 1. The second-order valence-corrected chi connectivity index (χ2v) is 8.93. The highest BCUT2D eigenvalue weighted by atomic mass is 16.7. The topological polar surface area (TPSA) is 44.8 Å². The fourth-order valence-electron chi connectivity index (χ4n) is 1.57. The Balaban J connectivity index is 0.000000401. The number of ether oxygens (including phenoxy) is 3. The van der Waals surface area contributed by atoms with Gasteiger partial charge in [-0.25, -0.2) is 0 Å². The highest BCUT2D eigenvalue weighted by Gasteiger charge is 2.38. The number of hydrogen-bond donors (Lipinski definition) is 0.